The molecule has 0 spiro atoms. The van der Waals surface area contributed by atoms with Crippen LogP contribution in [0.2, 0.25) is 0 Å². The van der Waals surface area contributed by atoms with Crippen molar-refractivity contribution in [3.8, 4) is 0 Å². The minimum absolute atomic E-state index is 0.00542. The highest BCUT2D eigenvalue weighted by atomic mass is 16.5. The van der Waals surface area contributed by atoms with Crippen LogP contribution in [0.5, 0.6) is 0 Å². The summed E-state index contributed by atoms with van der Waals surface area (Å²) in [6.07, 6.45) is 3.56. The maximum absolute atomic E-state index is 12.5. The van der Waals surface area contributed by atoms with Crippen LogP contribution in [0.15, 0.2) is 18.3 Å². The van der Waals surface area contributed by atoms with Gasteiger partial charge in [-0.15, -0.1) is 0 Å². The number of ether oxygens (including phenoxy) is 1. The van der Waals surface area contributed by atoms with Gasteiger partial charge in [-0.3, -0.25) is 9.59 Å². The molecule has 5 heteroatoms. The molecule has 2 rings (SSSR count). The summed E-state index contributed by atoms with van der Waals surface area (Å²) in [5.41, 5.74) is 0.692. The molecule has 0 unspecified atom stereocenters. The number of piperidine rings is 1. The van der Waals surface area contributed by atoms with Gasteiger partial charge in [0.2, 0.25) is 0 Å². The number of carbonyl (C=O) groups excluding carboxylic acids is 2. The van der Waals surface area contributed by atoms with Gasteiger partial charge in [0.15, 0.2) is 0 Å². The second-order valence-electron chi connectivity index (χ2n) is 5.02. The lowest BCUT2D eigenvalue weighted by Crippen LogP contribution is -2.43. The lowest BCUT2D eigenvalue weighted by Gasteiger charge is -2.31. The van der Waals surface area contributed by atoms with E-state index in [-0.39, 0.29) is 17.8 Å². The minimum atomic E-state index is -0.184. The van der Waals surface area contributed by atoms with Crippen LogP contribution in [-0.4, -0.2) is 41.0 Å². The molecule has 1 aliphatic rings. The van der Waals surface area contributed by atoms with Gasteiger partial charge in [-0.2, -0.15) is 0 Å². The summed E-state index contributed by atoms with van der Waals surface area (Å²) < 4.78 is 6.99. The first-order valence-corrected chi connectivity index (χ1v) is 7.28. The first-order chi connectivity index (χ1) is 9.67. The molecular formula is C15H22N2O3. The second kappa shape index (κ2) is 6.59. The van der Waals surface area contributed by atoms with Gasteiger partial charge in [0.25, 0.3) is 5.91 Å². The van der Waals surface area contributed by atoms with Crippen LogP contribution in [0.1, 0.15) is 37.2 Å². The standard InChI is InChI=1S/C15H22N2O3/c1-3-16-9-6-8-13(16)14(18)17-10-5-7-12(11-17)15(19)20-4-2/h6,8-9,12H,3-5,7,10-11H2,1-2H3/t12-/m0/s1. The van der Waals surface area contributed by atoms with Gasteiger partial charge in [-0.05, 0) is 38.8 Å². The predicted octanol–water partition coefficient (Wildman–Crippen LogP) is 1.92. The number of nitrogens with zero attached hydrogens (tertiary/aromatic N) is 2. The average molecular weight is 278 g/mol. The van der Waals surface area contributed by atoms with Crippen LogP contribution in [0.3, 0.4) is 0 Å². The summed E-state index contributed by atoms with van der Waals surface area (Å²) in [6, 6.07) is 3.71. The molecule has 20 heavy (non-hydrogen) atoms. The van der Waals surface area contributed by atoms with Crippen molar-refractivity contribution in [2.75, 3.05) is 19.7 Å². The fraction of sp³-hybridized carbons (Fsp3) is 0.600. The smallest absolute Gasteiger partial charge is 0.310 e. The van der Waals surface area contributed by atoms with E-state index in [0.29, 0.717) is 25.4 Å². The number of carbonyl (C=O) groups is 2. The molecule has 2 heterocycles. The molecule has 1 aliphatic heterocycles. The summed E-state index contributed by atoms with van der Waals surface area (Å²) in [5.74, 6) is -0.362. The van der Waals surface area contributed by atoms with Crippen LogP contribution in [0.4, 0.5) is 0 Å². The number of aryl methyl sites for hydroxylation is 1. The number of rotatable bonds is 4. The van der Waals surface area contributed by atoms with Crippen molar-refractivity contribution in [1.29, 1.82) is 0 Å². The Balaban J connectivity index is 2.05. The molecule has 0 aromatic carbocycles. The van der Waals surface area contributed by atoms with Gasteiger partial charge < -0.3 is 14.2 Å². The molecule has 1 amide bonds. The molecule has 1 fully saturated rings. The van der Waals surface area contributed by atoms with Crippen molar-refractivity contribution in [1.82, 2.24) is 9.47 Å². The lowest BCUT2D eigenvalue weighted by molar-refractivity contribution is -0.149. The number of esters is 1. The van der Waals surface area contributed by atoms with E-state index in [2.05, 4.69) is 0 Å². The van der Waals surface area contributed by atoms with Gasteiger partial charge >= 0.3 is 5.97 Å². The average Bonchev–Trinajstić information content (AvgIpc) is 2.95. The Kier molecular flexibility index (Phi) is 4.82. The lowest BCUT2D eigenvalue weighted by atomic mass is 9.98. The van der Waals surface area contributed by atoms with Crippen LogP contribution in [-0.2, 0) is 16.1 Å². The molecule has 1 atom stereocenters. The summed E-state index contributed by atoms with van der Waals surface area (Å²) in [5, 5.41) is 0. The van der Waals surface area contributed by atoms with Crippen LogP contribution in [0, 0.1) is 5.92 Å². The quantitative estimate of drug-likeness (QED) is 0.791. The van der Waals surface area contributed by atoms with Crippen LogP contribution in [0.25, 0.3) is 0 Å². The van der Waals surface area contributed by atoms with Crippen molar-refractivity contribution in [2.45, 2.75) is 33.2 Å². The van der Waals surface area contributed by atoms with E-state index >= 15 is 0 Å². The van der Waals surface area contributed by atoms with E-state index in [9.17, 15) is 9.59 Å². The number of hydrogen-bond acceptors (Lipinski definition) is 3. The van der Waals surface area contributed by atoms with Gasteiger partial charge in [0, 0.05) is 25.8 Å². The Morgan fingerprint density at radius 1 is 1.40 bits per heavy atom. The monoisotopic (exact) mass is 278 g/mol. The molecule has 5 nitrogen and oxygen atoms in total. The minimum Gasteiger partial charge on any atom is -0.466 e. The van der Waals surface area contributed by atoms with Crippen molar-refractivity contribution < 1.29 is 14.3 Å². The molecular weight excluding hydrogens is 256 g/mol. The van der Waals surface area contributed by atoms with Crippen molar-refractivity contribution in [2.24, 2.45) is 5.92 Å². The largest absolute Gasteiger partial charge is 0.466 e. The van der Waals surface area contributed by atoms with E-state index in [0.717, 1.165) is 19.4 Å². The number of hydrogen-bond donors (Lipinski definition) is 0. The Morgan fingerprint density at radius 2 is 2.20 bits per heavy atom. The van der Waals surface area contributed by atoms with E-state index in [4.69, 9.17) is 4.74 Å². The van der Waals surface area contributed by atoms with E-state index in [1.54, 1.807) is 11.8 Å². The van der Waals surface area contributed by atoms with E-state index in [1.807, 2.05) is 29.8 Å². The number of amides is 1. The van der Waals surface area contributed by atoms with Gasteiger partial charge in [0.1, 0.15) is 5.69 Å². The third kappa shape index (κ3) is 3.03. The van der Waals surface area contributed by atoms with E-state index in [1.165, 1.54) is 0 Å². The Morgan fingerprint density at radius 3 is 2.90 bits per heavy atom. The first-order valence-electron chi connectivity index (χ1n) is 7.28. The SMILES string of the molecule is CCOC(=O)[C@H]1CCCN(C(=O)c2cccn2CC)C1. The molecule has 0 aliphatic carbocycles. The normalized spacial score (nSPS) is 18.9. The molecule has 0 saturated carbocycles. The van der Waals surface area contributed by atoms with Crippen molar-refractivity contribution in [3.05, 3.63) is 24.0 Å². The third-order valence-corrected chi connectivity index (χ3v) is 3.72. The van der Waals surface area contributed by atoms with E-state index < -0.39 is 0 Å². The highest BCUT2D eigenvalue weighted by Gasteiger charge is 2.30. The maximum atomic E-state index is 12.5. The highest BCUT2D eigenvalue weighted by molar-refractivity contribution is 5.93. The van der Waals surface area contributed by atoms with Gasteiger partial charge in [0.05, 0.1) is 12.5 Å². The topological polar surface area (TPSA) is 51.5 Å². The summed E-state index contributed by atoms with van der Waals surface area (Å²) in [7, 11) is 0. The zero-order valence-electron chi connectivity index (χ0n) is 12.2. The molecule has 0 N–H and O–H groups in total. The summed E-state index contributed by atoms with van der Waals surface area (Å²) in [4.78, 5) is 26.1. The summed E-state index contributed by atoms with van der Waals surface area (Å²) >= 11 is 0. The number of aromatic nitrogens is 1. The van der Waals surface area contributed by atoms with Crippen molar-refractivity contribution >= 4 is 11.9 Å². The molecule has 110 valence electrons. The summed E-state index contributed by atoms with van der Waals surface area (Å²) in [6.45, 7) is 6.15. The fourth-order valence-electron chi connectivity index (χ4n) is 2.66. The first kappa shape index (κ1) is 14.6. The number of likely N-dealkylation sites (tertiary alicyclic amines) is 1. The maximum Gasteiger partial charge on any atom is 0.310 e. The van der Waals surface area contributed by atoms with Crippen LogP contribution >= 0.6 is 0 Å². The Bertz CT molecular complexity index is 481. The van der Waals surface area contributed by atoms with Crippen molar-refractivity contribution in [3.63, 3.8) is 0 Å². The van der Waals surface area contributed by atoms with Gasteiger partial charge in [-0.25, -0.2) is 0 Å². The van der Waals surface area contributed by atoms with Crippen LogP contribution < -0.4 is 0 Å². The molecule has 1 saturated heterocycles. The molecule has 1 aromatic heterocycles. The zero-order valence-corrected chi connectivity index (χ0v) is 12.2. The molecule has 0 radical (unpaired) electrons. The third-order valence-electron chi connectivity index (χ3n) is 3.72. The zero-order chi connectivity index (χ0) is 14.5. The molecule has 0 bridgehead atoms. The van der Waals surface area contributed by atoms with Gasteiger partial charge in [-0.1, -0.05) is 0 Å². The molecule has 1 aromatic rings. The fourth-order valence-corrected chi connectivity index (χ4v) is 2.66. The Hall–Kier alpha value is -1.78. The predicted molar refractivity (Wildman–Crippen MR) is 75.4 cm³/mol. The highest BCUT2D eigenvalue weighted by Crippen LogP contribution is 2.20. The second-order valence-corrected chi connectivity index (χ2v) is 5.02. The Labute approximate surface area is 119 Å².